The predicted octanol–water partition coefficient (Wildman–Crippen LogP) is 5.40. The first-order valence-corrected chi connectivity index (χ1v) is 22.6. The average molecular weight is 569 g/mol. The molecule has 15 heteroatoms. The van der Waals surface area contributed by atoms with Crippen LogP contribution in [-0.2, 0) is 0 Å². The third-order valence-electron chi connectivity index (χ3n) is 2.44. The van der Waals surface area contributed by atoms with E-state index in [9.17, 15) is 20.2 Å². The van der Waals surface area contributed by atoms with Gasteiger partial charge in [-0.1, -0.05) is 0 Å². The Balaban J connectivity index is 2.19. The molecule has 2 rings (SSSR count). The van der Waals surface area contributed by atoms with Crippen LogP contribution in [0.4, 0.5) is 11.4 Å². The molecule has 8 nitrogen and oxygen atoms in total. The van der Waals surface area contributed by atoms with Gasteiger partial charge in [0.05, 0.1) is 0 Å². The molecule has 0 saturated heterocycles. The van der Waals surface area contributed by atoms with Gasteiger partial charge in [0, 0.05) is 0 Å². The maximum atomic E-state index is 10.7. The van der Waals surface area contributed by atoms with Crippen molar-refractivity contribution in [3.05, 3.63) is 54.8 Å². The van der Waals surface area contributed by atoms with E-state index in [1.54, 1.807) is 0 Å². The number of nitrogens with zero attached hydrogens (tertiary/aromatic N) is 4. The third kappa shape index (κ3) is 5.87. The Morgan fingerprint density at radius 2 is 1.24 bits per heavy atom. The summed E-state index contributed by atoms with van der Waals surface area (Å²) >= 11 is 7.93. The van der Waals surface area contributed by atoms with Crippen molar-refractivity contribution < 1.29 is 9.85 Å². The SMILES string of the molecule is O=[N+]([O-])c1cnc([S][Sn]([Cl])([Cl])[S]c2ncc([N+](=O)[O-])cc2Cl)c(Cl)c1. The molecule has 0 amide bonds. The number of rotatable bonds is 6. The molecule has 2 aromatic heterocycles. The van der Waals surface area contributed by atoms with Gasteiger partial charge in [-0.3, -0.25) is 0 Å². The van der Waals surface area contributed by atoms with E-state index in [4.69, 9.17) is 41.0 Å². The van der Waals surface area contributed by atoms with Crippen LogP contribution in [0.25, 0.3) is 0 Å². The van der Waals surface area contributed by atoms with Crippen molar-refractivity contribution in [1.82, 2.24) is 9.97 Å². The first-order chi connectivity index (χ1) is 11.6. The first-order valence-electron chi connectivity index (χ1n) is 5.95. The zero-order chi connectivity index (χ0) is 18.8. The standard InChI is InChI=1S/2C5H3ClN2O2S.2ClH.Sn/c2*6-4-1-3(8(9)10)2-7-5(4)11;;;/h2*1-2H,(H,7,11);2*1H;/q;;;;+4/p-4. The molecule has 0 aliphatic carbocycles. The van der Waals surface area contributed by atoms with Gasteiger partial charge in [-0.15, -0.1) is 0 Å². The summed E-state index contributed by atoms with van der Waals surface area (Å²) in [6.07, 6.45) is 2.09. The van der Waals surface area contributed by atoms with Gasteiger partial charge in [0.2, 0.25) is 0 Å². The van der Waals surface area contributed by atoms with Gasteiger partial charge in [-0.05, 0) is 0 Å². The van der Waals surface area contributed by atoms with E-state index in [-0.39, 0.29) is 31.5 Å². The molecule has 0 spiro atoms. The summed E-state index contributed by atoms with van der Waals surface area (Å²) in [5.41, 5.74) is -0.515. The topological polar surface area (TPSA) is 112 Å². The van der Waals surface area contributed by atoms with Crippen molar-refractivity contribution in [3.8, 4) is 0 Å². The average Bonchev–Trinajstić information content (AvgIpc) is 2.50. The molecule has 0 unspecified atom stereocenters. The van der Waals surface area contributed by atoms with Crippen LogP contribution in [0.5, 0.6) is 0 Å². The van der Waals surface area contributed by atoms with Crippen LogP contribution in [0.3, 0.4) is 0 Å². The van der Waals surface area contributed by atoms with Gasteiger partial charge in [-0.25, -0.2) is 0 Å². The van der Waals surface area contributed by atoms with Crippen molar-refractivity contribution in [1.29, 1.82) is 0 Å². The molecule has 0 fully saturated rings. The molecule has 25 heavy (non-hydrogen) atoms. The predicted molar refractivity (Wildman–Crippen MR) is 101 cm³/mol. The normalized spacial score (nSPS) is 11.4. The van der Waals surface area contributed by atoms with Crippen molar-refractivity contribution in [2.45, 2.75) is 10.1 Å². The summed E-state index contributed by atoms with van der Waals surface area (Å²) in [7, 11) is 14.8. The van der Waals surface area contributed by atoms with E-state index in [1.165, 1.54) is 0 Å². The summed E-state index contributed by atoms with van der Waals surface area (Å²) in [5.74, 6) is 0. The molecule has 0 aliphatic rings. The van der Waals surface area contributed by atoms with Gasteiger partial charge in [0.1, 0.15) is 0 Å². The van der Waals surface area contributed by atoms with Crippen molar-refractivity contribution in [3.63, 3.8) is 0 Å². The van der Waals surface area contributed by atoms with Crippen molar-refractivity contribution >= 4 is 83.7 Å². The first kappa shape index (κ1) is 21.1. The molecule has 0 atom stereocenters. The van der Waals surface area contributed by atoms with Crippen LogP contribution < -0.4 is 0 Å². The van der Waals surface area contributed by atoms with E-state index < -0.39 is 23.2 Å². The summed E-state index contributed by atoms with van der Waals surface area (Å²) in [4.78, 5) is 27.9. The van der Waals surface area contributed by atoms with Crippen LogP contribution in [0.15, 0.2) is 34.6 Å². The Morgan fingerprint density at radius 1 is 0.880 bits per heavy atom. The Labute approximate surface area is 167 Å². The minimum absolute atomic E-state index is 0.0462. The molecule has 0 aromatic carbocycles. The van der Waals surface area contributed by atoms with Gasteiger partial charge in [-0.2, -0.15) is 0 Å². The Morgan fingerprint density at radius 3 is 1.52 bits per heavy atom. The minimum atomic E-state index is -4.01. The Kier molecular flexibility index (Phi) is 7.27. The van der Waals surface area contributed by atoms with Crippen LogP contribution in [0.2, 0.25) is 10.0 Å². The Bertz CT molecular complexity index is 792. The fourth-order valence-electron chi connectivity index (χ4n) is 1.43. The molecule has 2 heterocycles. The van der Waals surface area contributed by atoms with Crippen LogP contribution >= 0.6 is 58.9 Å². The van der Waals surface area contributed by atoms with Crippen LogP contribution in [0.1, 0.15) is 0 Å². The summed E-state index contributed by atoms with van der Waals surface area (Å²) in [5, 5.41) is 22.0. The van der Waals surface area contributed by atoms with Crippen LogP contribution in [0, 0.1) is 20.2 Å². The summed E-state index contributed by atoms with van der Waals surface area (Å²) in [6.45, 7) is 0. The number of pyridine rings is 2. The van der Waals surface area contributed by atoms with Crippen molar-refractivity contribution in [2.75, 3.05) is 0 Å². The van der Waals surface area contributed by atoms with E-state index >= 15 is 0 Å². The number of aromatic nitrogens is 2. The summed E-state index contributed by atoms with van der Waals surface area (Å²) < 4.78 is 0. The van der Waals surface area contributed by atoms with Crippen molar-refractivity contribution in [2.24, 2.45) is 0 Å². The molecular formula is C10H4Cl4N4O4S2Sn. The third-order valence-corrected chi connectivity index (χ3v) is 21.7. The van der Waals surface area contributed by atoms with Gasteiger partial charge in [0.25, 0.3) is 0 Å². The van der Waals surface area contributed by atoms with E-state index in [0.29, 0.717) is 0 Å². The molecule has 2 aromatic rings. The van der Waals surface area contributed by atoms with Crippen LogP contribution in [-0.4, -0.2) is 33.2 Å². The molecule has 132 valence electrons. The number of hydrogen-bond donors (Lipinski definition) is 0. The van der Waals surface area contributed by atoms with E-state index in [1.807, 2.05) is 0 Å². The van der Waals surface area contributed by atoms with Gasteiger partial charge < -0.3 is 0 Å². The van der Waals surface area contributed by atoms with E-state index in [2.05, 4.69) is 9.97 Å². The molecule has 0 saturated carbocycles. The molecule has 0 N–H and O–H groups in total. The Hall–Kier alpha value is -0.241. The molecular weight excluding hydrogens is 565 g/mol. The number of nitro groups is 2. The zero-order valence-electron chi connectivity index (χ0n) is 11.6. The fourth-order valence-corrected chi connectivity index (χ4v) is 21.0. The molecule has 0 aliphatic heterocycles. The fraction of sp³-hybridized carbons (Fsp3) is 0. The molecule has 0 radical (unpaired) electrons. The molecule has 0 bridgehead atoms. The van der Waals surface area contributed by atoms with E-state index in [0.717, 1.165) is 42.4 Å². The second kappa shape index (κ2) is 8.63. The van der Waals surface area contributed by atoms with Gasteiger partial charge in [0.15, 0.2) is 0 Å². The van der Waals surface area contributed by atoms with Gasteiger partial charge >= 0.3 is 168 Å². The number of hydrogen-bond acceptors (Lipinski definition) is 8. The maximum absolute atomic E-state index is 10.7. The second-order valence-corrected chi connectivity index (χ2v) is 37.1. The zero-order valence-corrected chi connectivity index (χ0v) is 19.1. The number of halogens is 4. The summed E-state index contributed by atoms with van der Waals surface area (Å²) in [6, 6.07) is 2.29. The quantitative estimate of drug-likeness (QED) is 0.259. The second-order valence-electron chi connectivity index (χ2n) is 4.14. The monoisotopic (exact) mass is 568 g/mol.